The molecule has 0 radical (unpaired) electrons. The molecule has 19 heavy (non-hydrogen) atoms. The summed E-state index contributed by atoms with van der Waals surface area (Å²) in [6.45, 7) is 1.84. The van der Waals surface area contributed by atoms with E-state index in [1.54, 1.807) is 16.9 Å². The maximum Gasteiger partial charge on any atom is 0.217 e. The zero-order valence-electron chi connectivity index (χ0n) is 10.5. The van der Waals surface area contributed by atoms with E-state index in [2.05, 4.69) is 10.1 Å². The molecule has 2 aromatic rings. The average Bonchev–Trinajstić information content (AvgIpc) is 2.80. The van der Waals surface area contributed by atoms with Crippen LogP contribution in [-0.4, -0.2) is 15.7 Å². The van der Waals surface area contributed by atoms with Crippen molar-refractivity contribution in [3.05, 3.63) is 47.5 Å². The van der Waals surface area contributed by atoms with Crippen LogP contribution in [0, 0.1) is 5.82 Å². The van der Waals surface area contributed by atoms with Gasteiger partial charge in [-0.3, -0.25) is 0 Å². The number of hydrogen-bond donors (Lipinski definition) is 2. The zero-order valence-corrected chi connectivity index (χ0v) is 10.5. The van der Waals surface area contributed by atoms with E-state index in [1.807, 2.05) is 13.0 Å². The van der Waals surface area contributed by atoms with Crippen molar-refractivity contribution in [2.24, 2.45) is 10.7 Å². The van der Waals surface area contributed by atoms with E-state index in [4.69, 9.17) is 11.5 Å². The molecule has 0 aliphatic carbocycles. The second kappa shape index (κ2) is 3.81. The van der Waals surface area contributed by atoms with Crippen molar-refractivity contribution >= 4 is 11.6 Å². The molecule has 0 unspecified atom stereocenters. The van der Waals surface area contributed by atoms with Gasteiger partial charge in [0.15, 0.2) is 0 Å². The molecule has 5 nitrogen and oxygen atoms in total. The highest BCUT2D eigenvalue weighted by atomic mass is 19.1. The summed E-state index contributed by atoms with van der Waals surface area (Å²) in [6.07, 6.45) is 2.17. The van der Waals surface area contributed by atoms with E-state index >= 15 is 0 Å². The molecule has 3 rings (SSSR count). The summed E-state index contributed by atoms with van der Waals surface area (Å²) in [5.74, 6) is -0.0724. The van der Waals surface area contributed by atoms with Gasteiger partial charge in [-0.05, 0) is 31.2 Å². The van der Waals surface area contributed by atoms with Gasteiger partial charge in [0.05, 0.1) is 11.2 Å². The largest absolute Gasteiger partial charge is 0.399 e. The molecule has 0 saturated heterocycles. The molecule has 6 heteroatoms. The van der Waals surface area contributed by atoms with Crippen LogP contribution in [0.25, 0.3) is 0 Å². The molecule has 0 spiro atoms. The van der Waals surface area contributed by atoms with Gasteiger partial charge in [-0.1, -0.05) is 0 Å². The Morgan fingerprint density at radius 2 is 2.11 bits per heavy atom. The Labute approximate surface area is 109 Å². The summed E-state index contributed by atoms with van der Waals surface area (Å²) in [7, 11) is 0. The first-order valence-corrected chi connectivity index (χ1v) is 5.94. The monoisotopic (exact) mass is 259 g/mol. The number of aliphatic imine (C=N–C) groups is 1. The average molecular weight is 259 g/mol. The fourth-order valence-corrected chi connectivity index (χ4v) is 2.47. The summed E-state index contributed by atoms with van der Waals surface area (Å²) < 4.78 is 15.6. The van der Waals surface area contributed by atoms with E-state index < -0.39 is 5.54 Å². The van der Waals surface area contributed by atoms with Crippen LogP contribution in [0.5, 0.6) is 0 Å². The Bertz CT molecular complexity index is 675. The SMILES string of the molecule is C[C@@]1(c2cc(N)ccc2F)Cc2ccnn2C(N)=N1. The Morgan fingerprint density at radius 1 is 1.32 bits per heavy atom. The van der Waals surface area contributed by atoms with Gasteiger partial charge in [-0.2, -0.15) is 5.10 Å². The molecule has 98 valence electrons. The highest BCUT2D eigenvalue weighted by Gasteiger charge is 2.34. The number of anilines is 1. The number of benzene rings is 1. The maximum atomic E-state index is 14.0. The Morgan fingerprint density at radius 3 is 2.89 bits per heavy atom. The Hall–Kier alpha value is -2.37. The lowest BCUT2D eigenvalue weighted by Gasteiger charge is -2.30. The number of nitrogens with zero attached hydrogens (tertiary/aromatic N) is 3. The molecular formula is C13H14FN5. The van der Waals surface area contributed by atoms with Crippen LogP contribution < -0.4 is 11.5 Å². The molecule has 1 aromatic heterocycles. The molecule has 1 aliphatic rings. The van der Waals surface area contributed by atoms with Crippen LogP contribution in [-0.2, 0) is 12.0 Å². The molecule has 4 N–H and O–H groups in total. The lowest BCUT2D eigenvalue weighted by atomic mass is 9.86. The van der Waals surface area contributed by atoms with Gasteiger partial charge in [-0.25, -0.2) is 14.1 Å². The Kier molecular flexibility index (Phi) is 2.35. The lowest BCUT2D eigenvalue weighted by Crippen LogP contribution is -2.38. The highest BCUT2D eigenvalue weighted by molar-refractivity contribution is 5.82. The number of nitrogen functional groups attached to an aromatic ring is 1. The van der Waals surface area contributed by atoms with Gasteiger partial charge in [0, 0.05) is 23.9 Å². The van der Waals surface area contributed by atoms with Crippen LogP contribution in [0.1, 0.15) is 18.2 Å². The van der Waals surface area contributed by atoms with Gasteiger partial charge in [-0.15, -0.1) is 0 Å². The van der Waals surface area contributed by atoms with E-state index in [1.165, 1.54) is 12.1 Å². The van der Waals surface area contributed by atoms with Crippen LogP contribution in [0.3, 0.4) is 0 Å². The topological polar surface area (TPSA) is 82.2 Å². The number of rotatable bonds is 1. The fraction of sp³-hybridized carbons (Fsp3) is 0.231. The summed E-state index contributed by atoms with van der Waals surface area (Å²) in [5.41, 5.74) is 12.7. The van der Waals surface area contributed by atoms with Crippen LogP contribution in [0.15, 0.2) is 35.5 Å². The molecule has 1 aromatic carbocycles. The predicted octanol–water partition coefficient (Wildman–Crippen LogP) is 1.24. The van der Waals surface area contributed by atoms with Crippen molar-refractivity contribution in [1.82, 2.24) is 9.78 Å². The van der Waals surface area contributed by atoms with Crippen molar-refractivity contribution in [3.63, 3.8) is 0 Å². The van der Waals surface area contributed by atoms with Crippen LogP contribution >= 0.6 is 0 Å². The van der Waals surface area contributed by atoms with Gasteiger partial charge in [0.1, 0.15) is 5.82 Å². The number of aromatic nitrogens is 2. The Balaban J connectivity index is 2.15. The summed E-state index contributed by atoms with van der Waals surface area (Å²) in [5, 5.41) is 4.08. The van der Waals surface area contributed by atoms with E-state index in [9.17, 15) is 4.39 Å². The van der Waals surface area contributed by atoms with Gasteiger partial charge in [0.2, 0.25) is 5.96 Å². The van der Waals surface area contributed by atoms with Crippen LogP contribution in [0.2, 0.25) is 0 Å². The van der Waals surface area contributed by atoms with E-state index in [0.717, 1.165) is 5.69 Å². The normalized spacial score (nSPS) is 21.9. The molecule has 1 aliphatic heterocycles. The third-order valence-corrected chi connectivity index (χ3v) is 3.40. The first-order valence-electron chi connectivity index (χ1n) is 5.94. The maximum absolute atomic E-state index is 14.0. The zero-order chi connectivity index (χ0) is 13.6. The minimum absolute atomic E-state index is 0.260. The minimum Gasteiger partial charge on any atom is -0.399 e. The van der Waals surface area contributed by atoms with Crippen molar-refractivity contribution in [2.75, 3.05) is 5.73 Å². The fourth-order valence-electron chi connectivity index (χ4n) is 2.47. The lowest BCUT2D eigenvalue weighted by molar-refractivity contribution is 0.436. The summed E-state index contributed by atoms with van der Waals surface area (Å²) in [4.78, 5) is 4.40. The van der Waals surface area contributed by atoms with Crippen molar-refractivity contribution in [1.29, 1.82) is 0 Å². The standard InChI is InChI=1S/C13H14FN5/c1-13(10-6-8(15)2-3-11(10)14)7-9-4-5-17-19(9)12(16)18-13/h2-6H,7,15H2,1H3,(H2,16,18)/t13-/m0/s1. The minimum atomic E-state index is -0.764. The molecule has 0 fully saturated rings. The van der Waals surface area contributed by atoms with Gasteiger partial charge < -0.3 is 11.5 Å². The molecular weight excluding hydrogens is 245 g/mol. The number of halogens is 1. The third-order valence-electron chi connectivity index (χ3n) is 3.40. The van der Waals surface area contributed by atoms with Gasteiger partial charge in [0.25, 0.3) is 0 Å². The first-order chi connectivity index (χ1) is 8.99. The molecule has 0 bridgehead atoms. The van der Waals surface area contributed by atoms with E-state index in [0.29, 0.717) is 17.7 Å². The van der Waals surface area contributed by atoms with Crippen molar-refractivity contribution < 1.29 is 4.39 Å². The number of hydrogen-bond acceptors (Lipinski definition) is 4. The second-order valence-electron chi connectivity index (χ2n) is 4.89. The smallest absolute Gasteiger partial charge is 0.217 e. The third kappa shape index (κ3) is 1.76. The molecule has 1 atom stereocenters. The number of nitrogens with two attached hydrogens (primary N) is 2. The molecule has 0 amide bonds. The van der Waals surface area contributed by atoms with Crippen molar-refractivity contribution in [2.45, 2.75) is 18.9 Å². The molecule has 2 heterocycles. The summed E-state index contributed by atoms with van der Waals surface area (Å²) >= 11 is 0. The first kappa shape index (κ1) is 11.7. The quantitative estimate of drug-likeness (QED) is 0.756. The molecule has 0 saturated carbocycles. The number of fused-ring (bicyclic) bond motifs is 1. The second-order valence-corrected chi connectivity index (χ2v) is 4.89. The highest BCUT2D eigenvalue weighted by Crippen LogP contribution is 2.34. The van der Waals surface area contributed by atoms with E-state index in [-0.39, 0.29) is 11.8 Å². The van der Waals surface area contributed by atoms with Crippen LogP contribution in [0.4, 0.5) is 10.1 Å². The van der Waals surface area contributed by atoms with Crippen molar-refractivity contribution in [3.8, 4) is 0 Å². The van der Waals surface area contributed by atoms with Gasteiger partial charge >= 0.3 is 0 Å². The summed E-state index contributed by atoms with van der Waals surface area (Å²) in [6, 6.07) is 6.35. The predicted molar refractivity (Wildman–Crippen MR) is 71.1 cm³/mol.